The molecule has 10 heteroatoms. The Hall–Kier alpha value is -4.05. The van der Waals surface area contributed by atoms with Crippen molar-refractivity contribution in [1.82, 2.24) is 14.5 Å². The molecule has 3 aromatic rings. The molecule has 0 saturated carbocycles. The number of benzene rings is 1. The second-order valence-corrected chi connectivity index (χ2v) is 7.24. The molecule has 2 aromatic heterocycles. The van der Waals surface area contributed by atoms with E-state index in [1.54, 1.807) is 36.9 Å². The maximum atomic E-state index is 12.5. The van der Waals surface area contributed by atoms with E-state index < -0.39 is 6.09 Å². The molecule has 2 heterocycles. The number of rotatable bonds is 8. The molecule has 0 bridgehead atoms. The lowest BCUT2D eigenvalue weighted by atomic mass is 10.1. The van der Waals surface area contributed by atoms with Crippen LogP contribution in [0.4, 0.5) is 16.2 Å². The quantitative estimate of drug-likeness (QED) is 0.343. The van der Waals surface area contributed by atoms with Gasteiger partial charge >= 0.3 is 6.09 Å². The van der Waals surface area contributed by atoms with E-state index in [1.165, 1.54) is 16.8 Å². The van der Waals surface area contributed by atoms with Gasteiger partial charge in [-0.1, -0.05) is 12.1 Å². The Bertz CT molecular complexity index is 1130. The van der Waals surface area contributed by atoms with Crippen LogP contribution in [-0.4, -0.2) is 50.4 Å². The van der Waals surface area contributed by atoms with E-state index in [4.69, 9.17) is 10.2 Å². The maximum Gasteiger partial charge on any atom is 0.409 e. The first kappa shape index (κ1) is 22.6. The summed E-state index contributed by atoms with van der Waals surface area (Å²) in [4.78, 5) is 35.6. The van der Waals surface area contributed by atoms with E-state index in [-0.39, 0.29) is 18.4 Å². The summed E-state index contributed by atoms with van der Waals surface area (Å²) in [6.45, 7) is 0.422. The van der Waals surface area contributed by atoms with Crippen molar-refractivity contribution in [3.05, 3.63) is 60.2 Å². The average Bonchev–Trinajstić information content (AvgIpc) is 3.30. The Labute approximate surface area is 184 Å². The number of anilines is 2. The normalized spacial score (nSPS) is 10.6. The Morgan fingerprint density at radius 3 is 2.16 bits per heavy atom. The van der Waals surface area contributed by atoms with E-state index in [1.807, 2.05) is 18.3 Å². The van der Waals surface area contributed by atoms with E-state index >= 15 is 0 Å². The molecule has 0 aliphatic heterocycles. The second kappa shape index (κ2) is 9.84. The molecule has 3 rings (SSSR count). The minimum Gasteiger partial charge on any atom is -0.465 e. The number of aliphatic hydroxyl groups is 1. The van der Waals surface area contributed by atoms with Crippen molar-refractivity contribution < 1.29 is 24.6 Å². The highest BCUT2D eigenvalue weighted by atomic mass is 16.4. The van der Waals surface area contributed by atoms with Gasteiger partial charge in [0.15, 0.2) is 0 Å². The number of hydrogen-bond donors (Lipinski definition) is 5. The summed E-state index contributed by atoms with van der Waals surface area (Å²) in [5.74, 6) is -0.587. The lowest BCUT2D eigenvalue weighted by molar-refractivity contribution is 0.0942. The van der Waals surface area contributed by atoms with Crippen LogP contribution in [0.2, 0.25) is 0 Å². The van der Waals surface area contributed by atoms with E-state index in [2.05, 4.69) is 16.0 Å². The predicted octanol–water partition coefficient (Wildman–Crippen LogP) is 2.49. The number of carbonyl (C=O) groups is 3. The SMILES string of the molecule is Cn1cc(-c2ccc(NC(=O)c3cc(NC(=O)O)cn3C)cc2)cc1C(=O)NCCCO. The highest BCUT2D eigenvalue weighted by Gasteiger charge is 2.15. The van der Waals surface area contributed by atoms with Crippen LogP contribution in [0.1, 0.15) is 27.4 Å². The molecular formula is C22H25N5O5. The smallest absolute Gasteiger partial charge is 0.409 e. The molecule has 0 fully saturated rings. The van der Waals surface area contributed by atoms with Crippen molar-refractivity contribution in [2.24, 2.45) is 14.1 Å². The first-order valence-corrected chi connectivity index (χ1v) is 9.92. The zero-order valence-electron chi connectivity index (χ0n) is 17.8. The summed E-state index contributed by atoms with van der Waals surface area (Å²) in [5.41, 5.74) is 3.42. The molecule has 0 atom stereocenters. The van der Waals surface area contributed by atoms with Gasteiger partial charge in [-0.3, -0.25) is 14.9 Å². The van der Waals surface area contributed by atoms with Gasteiger partial charge in [-0.25, -0.2) is 4.79 Å². The Kier molecular flexibility index (Phi) is 6.96. The number of nitrogens with zero attached hydrogens (tertiary/aromatic N) is 2. The third-order valence-electron chi connectivity index (χ3n) is 4.82. The second-order valence-electron chi connectivity index (χ2n) is 7.24. The van der Waals surface area contributed by atoms with Crippen molar-refractivity contribution in [1.29, 1.82) is 0 Å². The lowest BCUT2D eigenvalue weighted by Gasteiger charge is -2.07. The van der Waals surface area contributed by atoms with Gasteiger partial charge in [0.05, 0.1) is 5.69 Å². The van der Waals surface area contributed by atoms with Gasteiger partial charge in [0, 0.05) is 50.9 Å². The molecule has 32 heavy (non-hydrogen) atoms. The third-order valence-corrected chi connectivity index (χ3v) is 4.82. The van der Waals surface area contributed by atoms with Crippen molar-refractivity contribution in [3.8, 4) is 11.1 Å². The molecule has 0 unspecified atom stereocenters. The largest absolute Gasteiger partial charge is 0.465 e. The summed E-state index contributed by atoms with van der Waals surface area (Å²) in [5, 5.41) is 25.4. The fourth-order valence-corrected chi connectivity index (χ4v) is 3.24. The summed E-state index contributed by atoms with van der Waals surface area (Å²) < 4.78 is 3.27. The zero-order valence-corrected chi connectivity index (χ0v) is 17.8. The maximum absolute atomic E-state index is 12.5. The molecule has 10 nitrogen and oxygen atoms in total. The van der Waals surface area contributed by atoms with Gasteiger partial charge in [0.1, 0.15) is 11.4 Å². The van der Waals surface area contributed by atoms with Gasteiger partial charge in [-0.15, -0.1) is 0 Å². The Balaban J connectivity index is 1.68. The monoisotopic (exact) mass is 439 g/mol. The van der Waals surface area contributed by atoms with Gasteiger partial charge in [-0.2, -0.15) is 0 Å². The number of hydrogen-bond acceptors (Lipinski definition) is 4. The highest BCUT2D eigenvalue weighted by Crippen LogP contribution is 2.24. The molecule has 0 aliphatic rings. The molecule has 0 aliphatic carbocycles. The molecule has 3 amide bonds. The van der Waals surface area contributed by atoms with Crippen molar-refractivity contribution in [2.45, 2.75) is 6.42 Å². The molecule has 0 saturated heterocycles. The number of amides is 3. The van der Waals surface area contributed by atoms with Crippen molar-refractivity contribution in [3.63, 3.8) is 0 Å². The van der Waals surface area contributed by atoms with Gasteiger partial charge in [0.2, 0.25) is 0 Å². The van der Waals surface area contributed by atoms with E-state index in [0.717, 1.165) is 11.1 Å². The minimum atomic E-state index is -1.20. The zero-order chi connectivity index (χ0) is 23.3. The van der Waals surface area contributed by atoms with Crippen molar-refractivity contribution in [2.75, 3.05) is 23.8 Å². The average molecular weight is 439 g/mol. The van der Waals surface area contributed by atoms with Gasteiger partial charge < -0.3 is 30.0 Å². The third kappa shape index (κ3) is 5.35. The van der Waals surface area contributed by atoms with Crippen LogP contribution in [0.15, 0.2) is 48.8 Å². The van der Waals surface area contributed by atoms with Crippen LogP contribution in [0.5, 0.6) is 0 Å². The molecule has 168 valence electrons. The first-order valence-electron chi connectivity index (χ1n) is 9.92. The number of carbonyl (C=O) groups excluding carboxylic acids is 2. The standard InChI is InChI=1S/C22H25N5O5/c1-26-12-15(10-18(26)20(29)23-8-3-9-28)14-4-6-16(7-5-14)24-21(30)19-11-17(13-27(19)2)25-22(31)32/h4-7,10-13,25,28H,3,8-9H2,1-2H3,(H,23,29)(H,24,30)(H,31,32). The summed E-state index contributed by atoms with van der Waals surface area (Å²) >= 11 is 0. The molecular weight excluding hydrogens is 414 g/mol. The Morgan fingerprint density at radius 2 is 1.50 bits per heavy atom. The summed E-state index contributed by atoms with van der Waals surface area (Å²) in [6.07, 6.45) is 2.65. The van der Waals surface area contributed by atoms with E-state index in [9.17, 15) is 14.4 Å². The fourth-order valence-electron chi connectivity index (χ4n) is 3.24. The molecule has 0 radical (unpaired) electrons. The van der Waals surface area contributed by atoms with E-state index in [0.29, 0.717) is 35.7 Å². The van der Waals surface area contributed by atoms with Gasteiger partial charge in [0.25, 0.3) is 11.8 Å². The van der Waals surface area contributed by atoms with Crippen LogP contribution in [0.3, 0.4) is 0 Å². The summed E-state index contributed by atoms with van der Waals surface area (Å²) in [7, 11) is 3.43. The highest BCUT2D eigenvalue weighted by molar-refractivity contribution is 6.04. The number of carboxylic acid groups (broad SMARTS) is 1. The first-order chi connectivity index (χ1) is 15.3. The van der Waals surface area contributed by atoms with Gasteiger partial charge in [-0.05, 0) is 36.2 Å². The predicted molar refractivity (Wildman–Crippen MR) is 120 cm³/mol. The molecule has 1 aromatic carbocycles. The molecule has 5 N–H and O–H groups in total. The van der Waals surface area contributed by atoms with Crippen LogP contribution < -0.4 is 16.0 Å². The topological polar surface area (TPSA) is 138 Å². The molecule has 0 spiro atoms. The van der Waals surface area contributed by atoms with Crippen LogP contribution in [-0.2, 0) is 14.1 Å². The van der Waals surface area contributed by atoms with Crippen LogP contribution >= 0.6 is 0 Å². The summed E-state index contributed by atoms with van der Waals surface area (Å²) in [6, 6.07) is 10.4. The number of aliphatic hydroxyl groups excluding tert-OH is 1. The number of aryl methyl sites for hydroxylation is 2. The van der Waals surface area contributed by atoms with Crippen LogP contribution in [0.25, 0.3) is 11.1 Å². The number of aromatic nitrogens is 2. The minimum absolute atomic E-state index is 0.0199. The lowest BCUT2D eigenvalue weighted by Crippen LogP contribution is -2.26. The Morgan fingerprint density at radius 1 is 0.844 bits per heavy atom. The fraction of sp³-hybridized carbons (Fsp3) is 0.227. The number of nitrogens with one attached hydrogen (secondary N) is 3. The van der Waals surface area contributed by atoms with Crippen LogP contribution in [0, 0.1) is 0 Å². The van der Waals surface area contributed by atoms with Crippen molar-refractivity contribution >= 4 is 29.3 Å².